The van der Waals surface area contributed by atoms with E-state index in [4.69, 9.17) is 11.1 Å². The summed E-state index contributed by atoms with van der Waals surface area (Å²) in [6, 6.07) is 12.5. The molecule has 0 fully saturated rings. The summed E-state index contributed by atoms with van der Waals surface area (Å²) in [6.45, 7) is 0.208. The molecule has 144 valence electrons. The van der Waals surface area contributed by atoms with Crippen LogP contribution >= 0.6 is 0 Å². The largest absolute Gasteiger partial charge is 0.469 e. The number of amides is 1. The second-order valence-corrected chi connectivity index (χ2v) is 6.27. The highest BCUT2D eigenvalue weighted by Gasteiger charge is 2.13. The standard InChI is InChI=1S/C20H21N5O3/c1-25-16-8-7-14(20(27)23-10-9-17(26)28-2)11-15(16)24-19(25)13-5-3-12(4-6-13)18(21)22/h3-8,11H,9-10H2,1-2H3,(H3,21,22)(H,23,27). The molecule has 0 saturated carbocycles. The maximum absolute atomic E-state index is 12.3. The van der Waals surface area contributed by atoms with Crippen LogP contribution in [0.2, 0.25) is 0 Å². The first-order valence-corrected chi connectivity index (χ1v) is 8.67. The van der Waals surface area contributed by atoms with Gasteiger partial charge in [0.1, 0.15) is 11.7 Å². The lowest BCUT2D eigenvalue weighted by Gasteiger charge is -2.05. The molecule has 8 nitrogen and oxygen atoms in total. The molecule has 1 aromatic heterocycles. The van der Waals surface area contributed by atoms with E-state index in [0.29, 0.717) is 16.6 Å². The molecular weight excluding hydrogens is 358 g/mol. The van der Waals surface area contributed by atoms with Crippen molar-refractivity contribution in [1.29, 1.82) is 5.41 Å². The Balaban J connectivity index is 1.84. The SMILES string of the molecule is COC(=O)CCNC(=O)c1ccc2c(c1)nc(-c1ccc(C(=N)N)cc1)n2C. The predicted molar refractivity (Wildman–Crippen MR) is 106 cm³/mol. The molecule has 8 heteroatoms. The third-order valence-electron chi connectivity index (χ3n) is 4.44. The third kappa shape index (κ3) is 3.85. The van der Waals surface area contributed by atoms with Gasteiger partial charge in [-0.15, -0.1) is 0 Å². The maximum atomic E-state index is 12.3. The summed E-state index contributed by atoms with van der Waals surface area (Å²) in [5.74, 6) is 0.109. The van der Waals surface area contributed by atoms with Gasteiger partial charge >= 0.3 is 5.97 Å². The number of carbonyl (C=O) groups excluding carboxylic acids is 2. The molecule has 0 atom stereocenters. The molecule has 1 heterocycles. The van der Waals surface area contributed by atoms with E-state index < -0.39 is 0 Å². The lowest BCUT2D eigenvalue weighted by atomic mass is 10.1. The molecule has 0 bridgehead atoms. The minimum atomic E-state index is -0.374. The van der Waals surface area contributed by atoms with Crippen LogP contribution in [0.15, 0.2) is 42.5 Å². The van der Waals surface area contributed by atoms with Gasteiger partial charge in [0.15, 0.2) is 0 Å². The number of ether oxygens (including phenoxy) is 1. The fourth-order valence-electron chi connectivity index (χ4n) is 2.88. The number of nitrogens with one attached hydrogen (secondary N) is 2. The summed E-state index contributed by atoms with van der Waals surface area (Å²) in [7, 11) is 3.21. The van der Waals surface area contributed by atoms with Gasteiger partial charge in [0, 0.05) is 30.3 Å². The first-order chi connectivity index (χ1) is 13.4. The minimum absolute atomic E-state index is 0.0133. The molecule has 0 spiro atoms. The lowest BCUT2D eigenvalue weighted by Crippen LogP contribution is -2.26. The van der Waals surface area contributed by atoms with Gasteiger partial charge in [-0.05, 0) is 18.2 Å². The van der Waals surface area contributed by atoms with E-state index in [1.165, 1.54) is 7.11 Å². The van der Waals surface area contributed by atoms with E-state index in [9.17, 15) is 9.59 Å². The number of nitrogens with two attached hydrogens (primary N) is 1. The summed E-state index contributed by atoms with van der Waals surface area (Å²) in [5, 5.41) is 10.2. The van der Waals surface area contributed by atoms with Crippen molar-refractivity contribution in [2.45, 2.75) is 6.42 Å². The van der Waals surface area contributed by atoms with E-state index in [0.717, 1.165) is 16.9 Å². The Bertz CT molecular complexity index is 1050. The Labute approximate surface area is 161 Å². The van der Waals surface area contributed by atoms with Crippen molar-refractivity contribution < 1.29 is 14.3 Å². The van der Waals surface area contributed by atoms with Crippen LogP contribution in [0.4, 0.5) is 0 Å². The van der Waals surface area contributed by atoms with E-state index in [-0.39, 0.29) is 30.7 Å². The van der Waals surface area contributed by atoms with Crippen LogP contribution in [0.1, 0.15) is 22.3 Å². The number of nitrogens with zero attached hydrogens (tertiary/aromatic N) is 2. The molecule has 4 N–H and O–H groups in total. The number of aromatic nitrogens is 2. The minimum Gasteiger partial charge on any atom is -0.469 e. The number of esters is 1. The van der Waals surface area contributed by atoms with Crippen molar-refractivity contribution in [3.05, 3.63) is 53.6 Å². The van der Waals surface area contributed by atoms with Crippen molar-refractivity contribution in [3.63, 3.8) is 0 Å². The zero-order chi connectivity index (χ0) is 20.3. The summed E-state index contributed by atoms with van der Waals surface area (Å²) >= 11 is 0. The van der Waals surface area contributed by atoms with Crippen molar-refractivity contribution >= 4 is 28.7 Å². The van der Waals surface area contributed by atoms with E-state index in [1.54, 1.807) is 24.3 Å². The van der Waals surface area contributed by atoms with Crippen LogP contribution in [-0.2, 0) is 16.6 Å². The van der Waals surface area contributed by atoms with Gasteiger partial charge in [-0.25, -0.2) is 4.98 Å². The number of amidine groups is 1. The average molecular weight is 379 g/mol. The molecule has 0 aliphatic carbocycles. The van der Waals surface area contributed by atoms with Gasteiger partial charge < -0.3 is 20.4 Å². The molecule has 28 heavy (non-hydrogen) atoms. The molecule has 0 saturated heterocycles. The van der Waals surface area contributed by atoms with Crippen LogP contribution in [0.5, 0.6) is 0 Å². The van der Waals surface area contributed by atoms with Gasteiger partial charge in [0.05, 0.1) is 24.6 Å². The first kappa shape index (κ1) is 19.1. The van der Waals surface area contributed by atoms with Crippen molar-refractivity contribution in [3.8, 4) is 11.4 Å². The Hall–Kier alpha value is -3.68. The lowest BCUT2D eigenvalue weighted by molar-refractivity contribution is -0.140. The van der Waals surface area contributed by atoms with E-state index in [2.05, 4.69) is 15.0 Å². The van der Waals surface area contributed by atoms with Gasteiger partial charge in [-0.2, -0.15) is 0 Å². The normalized spacial score (nSPS) is 10.6. The number of methoxy groups -OCH3 is 1. The van der Waals surface area contributed by atoms with Crippen LogP contribution in [0.25, 0.3) is 22.4 Å². The summed E-state index contributed by atoms with van der Waals surface area (Å²) in [5.41, 5.74) is 9.07. The quantitative estimate of drug-likeness (QED) is 0.342. The summed E-state index contributed by atoms with van der Waals surface area (Å²) in [6.07, 6.45) is 0.120. The molecular formula is C20H21N5O3. The van der Waals surface area contributed by atoms with Gasteiger partial charge in [0.2, 0.25) is 0 Å². The Morgan fingerprint density at radius 1 is 1.18 bits per heavy atom. The zero-order valence-electron chi connectivity index (χ0n) is 15.7. The topological polar surface area (TPSA) is 123 Å². The Morgan fingerprint density at radius 2 is 1.86 bits per heavy atom. The van der Waals surface area contributed by atoms with Crippen molar-refractivity contribution in [2.75, 3.05) is 13.7 Å². The molecule has 0 aliphatic heterocycles. The van der Waals surface area contributed by atoms with Crippen LogP contribution in [0.3, 0.4) is 0 Å². The molecule has 1 amide bonds. The first-order valence-electron chi connectivity index (χ1n) is 8.67. The highest BCUT2D eigenvalue weighted by Crippen LogP contribution is 2.24. The number of hydrogen-bond acceptors (Lipinski definition) is 5. The molecule has 0 radical (unpaired) electrons. The number of benzene rings is 2. The van der Waals surface area contributed by atoms with Crippen molar-refractivity contribution in [1.82, 2.24) is 14.9 Å². The Kier molecular flexibility index (Phi) is 5.39. The summed E-state index contributed by atoms with van der Waals surface area (Å²) in [4.78, 5) is 28.1. The number of carbonyl (C=O) groups is 2. The number of fused-ring (bicyclic) bond motifs is 1. The number of nitrogen functional groups attached to an aromatic ring is 1. The highest BCUT2D eigenvalue weighted by molar-refractivity contribution is 5.98. The molecule has 3 rings (SSSR count). The van der Waals surface area contributed by atoms with Gasteiger partial charge in [-0.1, -0.05) is 24.3 Å². The number of hydrogen-bond donors (Lipinski definition) is 3. The van der Waals surface area contributed by atoms with E-state index >= 15 is 0 Å². The predicted octanol–water partition coefficient (Wildman–Crippen LogP) is 1.82. The van der Waals surface area contributed by atoms with Crippen LogP contribution in [-0.4, -0.2) is 40.9 Å². The van der Waals surface area contributed by atoms with Gasteiger partial charge in [-0.3, -0.25) is 15.0 Å². The van der Waals surface area contributed by atoms with E-state index in [1.807, 2.05) is 29.8 Å². The average Bonchev–Trinajstić information content (AvgIpc) is 3.03. The van der Waals surface area contributed by atoms with Crippen molar-refractivity contribution in [2.24, 2.45) is 12.8 Å². The van der Waals surface area contributed by atoms with Crippen LogP contribution < -0.4 is 11.1 Å². The third-order valence-corrected chi connectivity index (χ3v) is 4.44. The second kappa shape index (κ2) is 7.91. The monoisotopic (exact) mass is 379 g/mol. The van der Waals surface area contributed by atoms with Gasteiger partial charge in [0.25, 0.3) is 5.91 Å². The smallest absolute Gasteiger partial charge is 0.307 e. The highest BCUT2D eigenvalue weighted by atomic mass is 16.5. The number of rotatable bonds is 6. The number of imidazole rings is 1. The van der Waals surface area contributed by atoms with Crippen LogP contribution in [0, 0.1) is 5.41 Å². The molecule has 2 aromatic carbocycles. The molecule has 0 aliphatic rings. The number of aryl methyl sites for hydroxylation is 1. The maximum Gasteiger partial charge on any atom is 0.307 e. The molecule has 3 aromatic rings. The fraction of sp³-hybridized carbons (Fsp3) is 0.200. The second-order valence-electron chi connectivity index (χ2n) is 6.27. The fourth-order valence-corrected chi connectivity index (χ4v) is 2.88. The molecule has 0 unspecified atom stereocenters. The Morgan fingerprint density at radius 3 is 2.50 bits per heavy atom. The summed E-state index contributed by atoms with van der Waals surface area (Å²) < 4.78 is 6.49. The zero-order valence-corrected chi connectivity index (χ0v) is 15.7.